The number of sulfonamides is 1. The molecular formula is C25H26N4O6S2. The monoisotopic (exact) mass is 542 g/mol. The van der Waals surface area contributed by atoms with Crippen molar-refractivity contribution in [1.29, 1.82) is 0 Å². The average Bonchev–Trinajstić information content (AvgIpc) is 3.51. The topological polar surface area (TPSA) is 148 Å². The van der Waals surface area contributed by atoms with E-state index in [4.69, 9.17) is 4.42 Å². The molecule has 2 heterocycles. The number of ketones is 1. The first-order valence-corrected chi connectivity index (χ1v) is 15.0. The van der Waals surface area contributed by atoms with Crippen LogP contribution in [0.15, 0.2) is 62.8 Å². The molecule has 1 amide bonds. The summed E-state index contributed by atoms with van der Waals surface area (Å²) in [5, 5.41) is 2.70. The number of nitrogens with zero attached hydrogens (tertiary/aromatic N) is 2. The molecule has 10 nitrogen and oxygen atoms in total. The molecule has 12 heteroatoms. The second-order valence-corrected chi connectivity index (χ2v) is 12.3. The Kier molecular flexibility index (Phi) is 6.95. The smallest absolute Gasteiger partial charge is 0.266 e. The highest BCUT2D eigenvalue weighted by atomic mass is 32.2. The van der Waals surface area contributed by atoms with Crippen molar-refractivity contribution >= 4 is 49.4 Å². The van der Waals surface area contributed by atoms with Gasteiger partial charge in [-0.3, -0.25) is 23.5 Å². The molecule has 194 valence electrons. The number of carbonyl (C=O) groups is 2. The molecule has 3 aromatic rings. The predicted molar refractivity (Wildman–Crippen MR) is 138 cm³/mol. The Morgan fingerprint density at radius 1 is 1.19 bits per heavy atom. The van der Waals surface area contributed by atoms with Gasteiger partial charge in [-0.1, -0.05) is 31.2 Å². The van der Waals surface area contributed by atoms with Crippen molar-refractivity contribution < 1.29 is 26.6 Å². The van der Waals surface area contributed by atoms with E-state index in [1.54, 1.807) is 49.4 Å². The molecule has 5 rings (SSSR count). The first-order valence-electron chi connectivity index (χ1n) is 12.0. The molecule has 37 heavy (non-hydrogen) atoms. The summed E-state index contributed by atoms with van der Waals surface area (Å²) in [5.41, 5.74) is 1.32. The van der Waals surface area contributed by atoms with E-state index in [-0.39, 0.29) is 28.8 Å². The number of amidine groups is 1. The molecule has 2 aromatic carbocycles. The van der Waals surface area contributed by atoms with Crippen LogP contribution in [0.2, 0.25) is 0 Å². The quantitative estimate of drug-likeness (QED) is 0.373. The molecule has 3 atom stereocenters. The lowest BCUT2D eigenvalue weighted by molar-refractivity contribution is -0.122. The number of Topliss-reactive ketones (excluding diaryl/α,β-unsaturated/α-hetero) is 1. The van der Waals surface area contributed by atoms with Crippen LogP contribution in [0.3, 0.4) is 0 Å². The van der Waals surface area contributed by atoms with Gasteiger partial charge >= 0.3 is 0 Å². The van der Waals surface area contributed by atoms with Crippen LogP contribution in [0.25, 0.3) is 11.1 Å². The number of fused-ring (bicyclic) bond motifs is 2. The number of carbonyl (C=O) groups excluding carboxylic acids is 2. The SMILES string of the molecule is CC[C@H](NC(=O)[C@H](CS(=O)CC1CC1)N=C1NS(=O)(=O)c2ccccc21)C(=O)c1nc2ccccc2o1. The molecule has 1 saturated carbocycles. The fraction of sp³-hybridized carbons (Fsp3) is 0.360. The minimum atomic E-state index is -3.82. The maximum absolute atomic E-state index is 13.4. The highest BCUT2D eigenvalue weighted by Gasteiger charge is 2.34. The number of aromatic nitrogens is 1. The molecule has 2 N–H and O–H groups in total. The molecule has 1 aliphatic heterocycles. The Hall–Kier alpha value is -3.38. The third-order valence-corrected chi connectivity index (χ3v) is 9.19. The largest absolute Gasteiger partial charge is 0.434 e. The van der Waals surface area contributed by atoms with Gasteiger partial charge in [-0.25, -0.2) is 13.4 Å². The first kappa shape index (κ1) is 25.3. The molecule has 1 aromatic heterocycles. The zero-order valence-electron chi connectivity index (χ0n) is 20.0. The number of oxazole rings is 1. The maximum atomic E-state index is 13.4. The zero-order chi connectivity index (χ0) is 26.2. The van der Waals surface area contributed by atoms with Crippen molar-refractivity contribution in [2.45, 2.75) is 43.2 Å². The zero-order valence-corrected chi connectivity index (χ0v) is 21.7. The van der Waals surface area contributed by atoms with Gasteiger partial charge in [-0.15, -0.1) is 0 Å². The van der Waals surface area contributed by atoms with Crippen molar-refractivity contribution in [3.8, 4) is 0 Å². The van der Waals surface area contributed by atoms with E-state index in [0.29, 0.717) is 28.3 Å². The van der Waals surface area contributed by atoms with E-state index in [2.05, 4.69) is 20.0 Å². The van der Waals surface area contributed by atoms with E-state index in [1.165, 1.54) is 6.07 Å². The number of para-hydroxylation sites is 2. The van der Waals surface area contributed by atoms with Gasteiger partial charge in [-0.05, 0) is 49.4 Å². The van der Waals surface area contributed by atoms with Crippen molar-refractivity contribution in [3.05, 3.63) is 60.0 Å². The normalized spacial score (nSPS) is 19.6. The molecular weight excluding hydrogens is 516 g/mol. The number of hydrogen-bond acceptors (Lipinski definition) is 8. The number of benzene rings is 2. The molecule has 0 radical (unpaired) electrons. The predicted octanol–water partition coefficient (Wildman–Crippen LogP) is 2.17. The standard InChI is InChI=1S/C25H26N4O6S2/c1-2-17(22(30)25-28-18-8-4-5-9-20(18)35-25)27-24(31)19(14-36(32)13-15-11-12-15)26-23-16-7-3-6-10-21(16)37(33,34)29-23/h3-10,15,17,19H,2,11-14H2,1H3,(H,26,29)(H,27,31)/t17-,19-,36?/m0/s1. The maximum Gasteiger partial charge on any atom is 0.266 e. The van der Waals surface area contributed by atoms with E-state index in [9.17, 15) is 22.2 Å². The summed E-state index contributed by atoms with van der Waals surface area (Å²) in [4.78, 5) is 35.2. The second-order valence-electron chi connectivity index (χ2n) is 9.13. The van der Waals surface area contributed by atoms with Crippen molar-refractivity contribution in [1.82, 2.24) is 15.0 Å². The summed E-state index contributed by atoms with van der Waals surface area (Å²) in [7, 11) is -5.17. The molecule has 0 spiro atoms. The molecule has 0 bridgehead atoms. The second kappa shape index (κ2) is 10.2. The van der Waals surface area contributed by atoms with E-state index >= 15 is 0 Å². The van der Waals surface area contributed by atoms with Crippen LogP contribution in [0.1, 0.15) is 42.4 Å². The number of nitrogens with one attached hydrogen (secondary N) is 2. The van der Waals surface area contributed by atoms with Crippen LogP contribution in [0.4, 0.5) is 0 Å². The molecule has 0 saturated heterocycles. The highest BCUT2D eigenvalue weighted by molar-refractivity contribution is 7.90. The fourth-order valence-corrected chi connectivity index (χ4v) is 6.91. The summed E-state index contributed by atoms with van der Waals surface area (Å²) >= 11 is 0. The Bertz CT molecular complexity index is 1490. The highest BCUT2D eigenvalue weighted by Crippen LogP contribution is 2.30. The lowest BCUT2D eigenvalue weighted by Gasteiger charge is -2.18. The van der Waals surface area contributed by atoms with Gasteiger partial charge in [0.1, 0.15) is 17.4 Å². The Morgan fingerprint density at radius 2 is 1.92 bits per heavy atom. The molecule has 1 aliphatic carbocycles. The van der Waals surface area contributed by atoms with Gasteiger partial charge < -0.3 is 9.73 Å². The van der Waals surface area contributed by atoms with Crippen molar-refractivity contribution in [2.75, 3.05) is 11.5 Å². The lowest BCUT2D eigenvalue weighted by Crippen LogP contribution is -2.47. The van der Waals surface area contributed by atoms with Crippen LogP contribution in [-0.2, 0) is 25.6 Å². The minimum absolute atomic E-state index is 0.0116. The average molecular weight is 543 g/mol. The summed E-state index contributed by atoms with van der Waals surface area (Å²) in [5.74, 6) is -0.504. The summed E-state index contributed by atoms with van der Waals surface area (Å²) < 4.78 is 45.8. The summed E-state index contributed by atoms with van der Waals surface area (Å²) in [6.07, 6.45) is 2.26. The van der Waals surface area contributed by atoms with Gasteiger partial charge in [0.2, 0.25) is 11.7 Å². The number of aliphatic imine (C=N–C) groups is 1. The molecule has 1 fully saturated rings. The Morgan fingerprint density at radius 3 is 2.65 bits per heavy atom. The summed E-state index contributed by atoms with van der Waals surface area (Å²) in [6, 6.07) is 11.1. The van der Waals surface area contributed by atoms with Gasteiger partial charge in [0, 0.05) is 22.1 Å². The third-order valence-electron chi connectivity index (χ3n) is 6.26. The molecule has 1 unspecified atom stereocenters. The third kappa shape index (κ3) is 5.49. The lowest BCUT2D eigenvalue weighted by atomic mass is 10.1. The Balaban J connectivity index is 1.40. The molecule has 2 aliphatic rings. The number of hydrogen-bond donors (Lipinski definition) is 2. The first-order chi connectivity index (χ1) is 17.7. The van der Waals surface area contributed by atoms with Gasteiger partial charge in [-0.2, -0.15) is 0 Å². The van der Waals surface area contributed by atoms with Crippen molar-refractivity contribution in [3.63, 3.8) is 0 Å². The van der Waals surface area contributed by atoms with Gasteiger partial charge in [0.15, 0.2) is 5.58 Å². The van der Waals surface area contributed by atoms with Crippen LogP contribution in [0.5, 0.6) is 0 Å². The van der Waals surface area contributed by atoms with Crippen LogP contribution >= 0.6 is 0 Å². The van der Waals surface area contributed by atoms with Crippen LogP contribution in [0, 0.1) is 5.92 Å². The summed E-state index contributed by atoms with van der Waals surface area (Å²) in [6.45, 7) is 1.74. The van der Waals surface area contributed by atoms with Crippen LogP contribution in [-0.4, -0.2) is 58.7 Å². The minimum Gasteiger partial charge on any atom is -0.434 e. The van der Waals surface area contributed by atoms with Gasteiger partial charge in [0.05, 0.1) is 16.7 Å². The van der Waals surface area contributed by atoms with E-state index in [1.807, 2.05) is 0 Å². The van der Waals surface area contributed by atoms with Crippen molar-refractivity contribution in [2.24, 2.45) is 10.9 Å². The fourth-order valence-electron chi connectivity index (χ4n) is 4.10. The van der Waals surface area contributed by atoms with E-state index in [0.717, 1.165) is 12.8 Å². The Labute approximate surface area is 216 Å². The van der Waals surface area contributed by atoms with Crippen LogP contribution < -0.4 is 10.0 Å². The number of amides is 1. The van der Waals surface area contributed by atoms with Gasteiger partial charge in [0.25, 0.3) is 15.9 Å². The number of rotatable bonds is 10. The van der Waals surface area contributed by atoms with E-state index < -0.39 is 44.6 Å².